The summed E-state index contributed by atoms with van der Waals surface area (Å²) in [6.07, 6.45) is 3.06. The second-order valence-corrected chi connectivity index (χ2v) is 5.35. The molecule has 0 heterocycles. The summed E-state index contributed by atoms with van der Waals surface area (Å²) in [6, 6.07) is 16.9. The van der Waals surface area contributed by atoms with Crippen LogP contribution >= 0.6 is 0 Å². The predicted octanol–water partition coefficient (Wildman–Crippen LogP) is 3.48. The Morgan fingerprint density at radius 1 is 1.23 bits per heavy atom. The fourth-order valence-corrected chi connectivity index (χ4v) is 2.21. The van der Waals surface area contributed by atoms with Crippen molar-refractivity contribution in [1.29, 1.82) is 5.26 Å². The van der Waals surface area contributed by atoms with Gasteiger partial charge in [-0.15, -0.1) is 6.58 Å². The summed E-state index contributed by atoms with van der Waals surface area (Å²) in [4.78, 5) is 12.0. The lowest BCUT2D eigenvalue weighted by atomic mass is 10.1. The number of carbonyl (C=O) groups is 1. The van der Waals surface area contributed by atoms with Gasteiger partial charge in [0.25, 0.3) is 5.91 Å². The van der Waals surface area contributed by atoms with E-state index in [0.717, 1.165) is 5.56 Å². The van der Waals surface area contributed by atoms with Crippen molar-refractivity contribution in [3.05, 3.63) is 77.9 Å². The van der Waals surface area contributed by atoms with Gasteiger partial charge in [0.1, 0.15) is 18.2 Å². The van der Waals surface area contributed by atoms with Crippen molar-refractivity contribution < 1.29 is 14.3 Å². The van der Waals surface area contributed by atoms with E-state index in [1.807, 2.05) is 36.4 Å². The molecule has 0 aliphatic carbocycles. The summed E-state index contributed by atoms with van der Waals surface area (Å²) in [5.74, 6) is 0.663. The molecule has 0 saturated carbocycles. The Balaban J connectivity index is 2.22. The van der Waals surface area contributed by atoms with Crippen LogP contribution in [0, 0.1) is 11.3 Å². The molecule has 5 heteroatoms. The lowest BCUT2D eigenvalue weighted by Gasteiger charge is -2.11. The van der Waals surface area contributed by atoms with E-state index >= 15 is 0 Å². The normalized spacial score (nSPS) is 10.5. The molecule has 0 aromatic heterocycles. The maximum absolute atomic E-state index is 12.0. The van der Waals surface area contributed by atoms with Gasteiger partial charge in [-0.25, -0.2) is 0 Å². The zero-order chi connectivity index (χ0) is 18.8. The number of ether oxygens (including phenoxy) is 2. The van der Waals surface area contributed by atoms with E-state index in [4.69, 9.17) is 9.47 Å². The monoisotopic (exact) mass is 348 g/mol. The third-order valence-corrected chi connectivity index (χ3v) is 3.51. The third kappa shape index (κ3) is 5.25. The van der Waals surface area contributed by atoms with Gasteiger partial charge < -0.3 is 14.8 Å². The lowest BCUT2D eigenvalue weighted by molar-refractivity contribution is -0.116. The van der Waals surface area contributed by atoms with Crippen molar-refractivity contribution in [3.63, 3.8) is 0 Å². The molecule has 1 amide bonds. The first kappa shape index (κ1) is 18.8. The van der Waals surface area contributed by atoms with Crippen molar-refractivity contribution >= 4 is 12.0 Å². The van der Waals surface area contributed by atoms with Crippen LogP contribution in [0.4, 0.5) is 0 Å². The van der Waals surface area contributed by atoms with E-state index in [0.29, 0.717) is 30.2 Å². The minimum absolute atomic E-state index is 0.00558. The minimum Gasteiger partial charge on any atom is -0.493 e. The standard InChI is InChI=1S/C21H20N2O3/c1-3-11-23-21(24)18(14-22)12-17-9-10-19(25-2)20(13-17)26-15-16-7-5-4-6-8-16/h3-10,12-13H,1,11,15H2,2H3,(H,23,24). The Labute approximate surface area is 153 Å². The highest BCUT2D eigenvalue weighted by molar-refractivity contribution is 6.01. The molecule has 0 spiro atoms. The Kier molecular flexibility index (Phi) is 7.02. The van der Waals surface area contributed by atoms with Crippen LogP contribution in [0.3, 0.4) is 0 Å². The second-order valence-electron chi connectivity index (χ2n) is 5.35. The van der Waals surface area contributed by atoms with Crippen LogP contribution in [0.5, 0.6) is 11.5 Å². The van der Waals surface area contributed by atoms with E-state index < -0.39 is 5.91 Å². The maximum Gasteiger partial charge on any atom is 0.262 e. The molecule has 2 rings (SSSR count). The molecule has 1 N–H and O–H groups in total. The highest BCUT2D eigenvalue weighted by atomic mass is 16.5. The number of amides is 1. The van der Waals surface area contributed by atoms with Gasteiger partial charge in [-0.2, -0.15) is 5.26 Å². The second kappa shape index (κ2) is 9.70. The van der Waals surface area contributed by atoms with Crippen molar-refractivity contribution in [3.8, 4) is 17.6 Å². The van der Waals surface area contributed by atoms with Crippen molar-refractivity contribution in [2.75, 3.05) is 13.7 Å². The molecular formula is C21H20N2O3. The number of benzene rings is 2. The first-order valence-corrected chi connectivity index (χ1v) is 8.03. The van der Waals surface area contributed by atoms with Crippen molar-refractivity contribution in [1.82, 2.24) is 5.32 Å². The molecule has 0 saturated heterocycles. The SMILES string of the molecule is C=CCNC(=O)C(C#N)=Cc1ccc(OC)c(OCc2ccccc2)c1. The van der Waals surface area contributed by atoms with E-state index in [1.165, 1.54) is 6.08 Å². The lowest BCUT2D eigenvalue weighted by Crippen LogP contribution is -2.24. The Hall–Kier alpha value is -3.52. The van der Waals surface area contributed by atoms with Crippen molar-refractivity contribution in [2.24, 2.45) is 0 Å². The number of nitriles is 1. The molecule has 0 radical (unpaired) electrons. The molecule has 26 heavy (non-hydrogen) atoms. The average molecular weight is 348 g/mol. The number of nitrogens with zero attached hydrogens (tertiary/aromatic N) is 1. The molecule has 2 aromatic rings. The Bertz CT molecular complexity index is 836. The number of carbonyl (C=O) groups excluding carboxylic acids is 1. The van der Waals surface area contributed by atoms with E-state index in [9.17, 15) is 10.1 Å². The highest BCUT2D eigenvalue weighted by Crippen LogP contribution is 2.29. The third-order valence-electron chi connectivity index (χ3n) is 3.51. The molecule has 0 unspecified atom stereocenters. The van der Waals surface area contributed by atoms with Gasteiger partial charge in [-0.1, -0.05) is 42.5 Å². The molecule has 5 nitrogen and oxygen atoms in total. The average Bonchev–Trinajstić information content (AvgIpc) is 2.69. The Morgan fingerprint density at radius 2 is 2.00 bits per heavy atom. The summed E-state index contributed by atoms with van der Waals surface area (Å²) in [7, 11) is 1.56. The van der Waals surface area contributed by atoms with E-state index in [-0.39, 0.29) is 5.57 Å². The van der Waals surface area contributed by atoms with Crippen LogP contribution in [-0.2, 0) is 11.4 Å². The van der Waals surface area contributed by atoms with Gasteiger partial charge in [-0.3, -0.25) is 4.79 Å². The molecule has 0 bridgehead atoms. The summed E-state index contributed by atoms with van der Waals surface area (Å²) in [5, 5.41) is 11.8. The fraction of sp³-hybridized carbons (Fsp3) is 0.143. The largest absolute Gasteiger partial charge is 0.493 e. The van der Waals surface area contributed by atoms with Crippen LogP contribution in [0.25, 0.3) is 6.08 Å². The van der Waals surface area contributed by atoms with Crippen LogP contribution in [-0.4, -0.2) is 19.6 Å². The first-order valence-electron chi connectivity index (χ1n) is 8.03. The molecular weight excluding hydrogens is 328 g/mol. The first-order chi connectivity index (χ1) is 12.7. The van der Waals surface area contributed by atoms with Crippen LogP contribution in [0.2, 0.25) is 0 Å². The number of nitrogens with one attached hydrogen (secondary N) is 1. The van der Waals surface area contributed by atoms with Gasteiger partial charge in [0.2, 0.25) is 0 Å². The van der Waals surface area contributed by atoms with Gasteiger partial charge in [0.05, 0.1) is 7.11 Å². The summed E-state index contributed by atoms with van der Waals surface area (Å²) >= 11 is 0. The summed E-state index contributed by atoms with van der Waals surface area (Å²) in [5.41, 5.74) is 1.70. The summed E-state index contributed by atoms with van der Waals surface area (Å²) < 4.78 is 11.2. The van der Waals surface area contributed by atoms with E-state index in [2.05, 4.69) is 11.9 Å². The Morgan fingerprint density at radius 3 is 2.65 bits per heavy atom. The van der Waals surface area contributed by atoms with Crippen molar-refractivity contribution in [2.45, 2.75) is 6.61 Å². The summed E-state index contributed by atoms with van der Waals surface area (Å²) in [6.45, 7) is 4.21. The minimum atomic E-state index is -0.449. The molecule has 0 aliphatic heterocycles. The highest BCUT2D eigenvalue weighted by Gasteiger charge is 2.10. The molecule has 0 atom stereocenters. The van der Waals surface area contributed by atoms with Crippen LogP contribution < -0.4 is 14.8 Å². The van der Waals surface area contributed by atoms with Gasteiger partial charge in [0.15, 0.2) is 11.5 Å². The molecule has 0 aliphatic rings. The number of methoxy groups -OCH3 is 1. The predicted molar refractivity (Wildman–Crippen MR) is 101 cm³/mol. The molecule has 132 valence electrons. The fourth-order valence-electron chi connectivity index (χ4n) is 2.21. The van der Waals surface area contributed by atoms with Gasteiger partial charge in [-0.05, 0) is 29.3 Å². The van der Waals surface area contributed by atoms with Gasteiger partial charge >= 0.3 is 0 Å². The molecule has 0 fully saturated rings. The van der Waals surface area contributed by atoms with Gasteiger partial charge in [0, 0.05) is 6.54 Å². The number of hydrogen-bond donors (Lipinski definition) is 1. The quantitative estimate of drug-likeness (QED) is 0.450. The maximum atomic E-state index is 12.0. The topological polar surface area (TPSA) is 71.4 Å². The number of hydrogen-bond acceptors (Lipinski definition) is 4. The zero-order valence-electron chi connectivity index (χ0n) is 14.6. The van der Waals surface area contributed by atoms with Crippen LogP contribution in [0.1, 0.15) is 11.1 Å². The zero-order valence-corrected chi connectivity index (χ0v) is 14.6. The van der Waals surface area contributed by atoms with E-state index in [1.54, 1.807) is 31.4 Å². The number of rotatable bonds is 8. The van der Waals surface area contributed by atoms with Crippen LogP contribution in [0.15, 0.2) is 66.8 Å². The smallest absolute Gasteiger partial charge is 0.262 e. The molecule has 2 aromatic carbocycles.